The molecule has 0 saturated carbocycles. The molecule has 1 saturated heterocycles. The second-order valence-electron chi connectivity index (χ2n) is 20.3. The first kappa shape index (κ1) is 56.0. The normalized spacial score (nSPS) is 15.1. The minimum atomic E-state index is -1.40. The maximum Gasteiger partial charge on any atom is 0.356 e. The first-order chi connectivity index (χ1) is 42.9. The summed E-state index contributed by atoms with van der Waals surface area (Å²) in [6, 6.07) is 80.7. The van der Waals surface area contributed by atoms with Gasteiger partial charge in [-0.2, -0.15) is 0 Å². The van der Waals surface area contributed by atoms with Gasteiger partial charge in [0.25, 0.3) is 17.0 Å². The molecule has 0 spiro atoms. The van der Waals surface area contributed by atoms with Crippen LogP contribution in [0.15, 0.2) is 298 Å². The highest BCUT2D eigenvalue weighted by Crippen LogP contribution is 2.47. The third-order valence-corrected chi connectivity index (χ3v) is 18.2. The summed E-state index contributed by atoms with van der Waals surface area (Å²) in [4.78, 5) is 64.2. The zero-order chi connectivity index (χ0) is 59.0. The summed E-state index contributed by atoms with van der Waals surface area (Å²) in [5.74, 6) is -1.64. The van der Waals surface area contributed by atoms with Gasteiger partial charge in [0, 0.05) is 45.1 Å². The van der Waals surface area contributed by atoms with Crippen molar-refractivity contribution >= 4 is 63.5 Å². The first-order valence-corrected chi connectivity index (χ1v) is 30.7. The summed E-state index contributed by atoms with van der Waals surface area (Å²) in [6.45, 7) is 0. The number of thiazole rings is 1. The number of anilines is 1. The highest BCUT2D eigenvalue weighted by Gasteiger charge is 2.55. The Morgan fingerprint density at radius 3 is 1.62 bits per heavy atom. The van der Waals surface area contributed by atoms with Gasteiger partial charge in [-0.25, -0.2) is 9.78 Å². The standard InChI is InChI=1S/C70H52N8O6S3/c79-62(73-59-64(80)78-60(66(81)82-61(47-26-9-1-10-27-47)48-28-11-2-12-29-48)57(46-85-65(59)78)87-68-76-75-63(83-68)49-30-25-43-71-44-49)58(77-84-70(53-37-19-6-20-38-53,54-39-21-7-22-40-54)55-41-23-8-24-42-55)56-45-86-67(72-56)74-69(50-31-13-3-14-32-50,51-33-15-4-16-34-51)52-35-17-5-18-36-52/h1-45,59,61,65H,46H2,(H,72,74)(H,73,79)/t59-,65-/m1/s1. The minimum absolute atomic E-state index is 0.0122. The molecule has 3 aromatic heterocycles. The number of rotatable bonds is 20. The smallest absolute Gasteiger partial charge is 0.356 e. The third kappa shape index (κ3) is 11.2. The maximum atomic E-state index is 15.7. The zero-order valence-electron chi connectivity index (χ0n) is 46.3. The molecule has 0 aliphatic carbocycles. The van der Waals surface area contributed by atoms with Crippen LogP contribution in [0.25, 0.3) is 11.5 Å². The van der Waals surface area contributed by atoms with Gasteiger partial charge in [-0.1, -0.05) is 248 Å². The Morgan fingerprint density at radius 2 is 1.13 bits per heavy atom. The predicted octanol–water partition coefficient (Wildman–Crippen LogP) is 13.4. The molecule has 0 unspecified atom stereocenters. The zero-order valence-corrected chi connectivity index (χ0v) is 48.7. The lowest BCUT2D eigenvalue weighted by molar-refractivity contribution is -0.154. The van der Waals surface area contributed by atoms with Crippen LogP contribution in [0.5, 0.6) is 0 Å². The van der Waals surface area contributed by atoms with Crippen molar-refractivity contribution < 1.29 is 28.4 Å². The van der Waals surface area contributed by atoms with Gasteiger partial charge < -0.3 is 24.6 Å². The summed E-state index contributed by atoms with van der Waals surface area (Å²) < 4.78 is 12.6. The van der Waals surface area contributed by atoms with Crippen molar-refractivity contribution in [3.05, 3.63) is 333 Å². The molecular weight excluding hydrogens is 1150 g/mol. The molecule has 14 nitrogen and oxygen atoms in total. The number of hydrogen-bond acceptors (Lipinski definition) is 15. The van der Waals surface area contributed by atoms with E-state index in [9.17, 15) is 0 Å². The second-order valence-corrected chi connectivity index (χ2v) is 23.3. The van der Waals surface area contributed by atoms with Gasteiger partial charge in [-0.05, 0) is 51.7 Å². The molecular formula is C70H52N8O6S3. The molecule has 13 rings (SSSR count). The van der Waals surface area contributed by atoms with E-state index in [0.717, 1.165) is 56.3 Å². The Kier molecular flexibility index (Phi) is 16.2. The second kappa shape index (κ2) is 25.2. The molecule has 8 aromatic carbocycles. The molecule has 426 valence electrons. The number of oxime groups is 1. The van der Waals surface area contributed by atoms with Crippen molar-refractivity contribution in [3.8, 4) is 11.5 Å². The van der Waals surface area contributed by atoms with Crippen molar-refractivity contribution in [1.82, 2.24) is 30.4 Å². The Bertz CT molecular complexity index is 4000. The van der Waals surface area contributed by atoms with E-state index in [1.807, 2.05) is 206 Å². The number of carbonyl (C=O) groups excluding carboxylic acids is 3. The van der Waals surface area contributed by atoms with Crippen molar-refractivity contribution in [3.63, 3.8) is 0 Å². The van der Waals surface area contributed by atoms with Gasteiger partial charge >= 0.3 is 5.97 Å². The van der Waals surface area contributed by atoms with Crippen LogP contribution in [0.1, 0.15) is 56.3 Å². The van der Waals surface area contributed by atoms with Crippen LogP contribution < -0.4 is 10.6 Å². The van der Waals surface area contributed by atoms with Crippen molar-refractivity contribution in [2.24, 2.45) is 5.16 Å². The Labute approximate surface area is 514 Å². The number of fused-ring (bicyclic) bond motifs is 1. The van der Waals surface area contributed by atoms with E-state index >= 15 is 14.4 Å². The fourth-order valence-corrected chi connectivity index (χ4v) is 14.0. The fourth-order valence-electron chi connectivity index (χ4n) is 11.0. The monoisotopic (exact) mass is 1200 g/mol. The van der Waals surface area contributed by atoms with E-state index in [1.54, 1.807) is 29.9 Å². The van der Waals surface area contributed by atoms with E-state index in [4.69, 9.17) is 24.1 Å². The van der Waals surface area contributed by atoms with Crippen LogP contribution in [0.2, 0.25) is 0 Å². The molecule has 87 heavy (non-hydrogen) atoms. The van der Waals surface area contributed by atoms with Crippen LogP contribution in [-0.4, -0.2) is 65.7 Å². The molecule has 2 atom stereocenters. The SMILES string of the molecule is O=C(N[C@@H]1C(=O)N2C(C(=O)OC(c3ccccc3)c3ccccc3)=C(Sc3nnc(-c4cccnc4)o3)CS[C@H]12)C(=NOC(c1ccccc1)(c1ccccc1)c1ccccc1)c1csc(NC(c2ccccc2)(c2ccccc2)c2ccccc2)n1. The number of nitrogens with one attached hydrogen (secondary N) is 2. The van der Waals surface area contributed by atoms with Crippen molar-refractivity contribution in [1.29, 1.82) is 0 Å². The molecule has 2 aliphatic rings. The van der Waals surface area contributed by atoms with Crippen LogP contribution >= 0.6 is 34.9 Å². The number of amides is 2. The lowest BCUT2D eigenvalue weighted by Crippen LogP contribution is -2.71. The van der Waals surface area contributed by atoms with Crippen LogP contribution in [-0.2, 0) is 35.1 Å². The Hall–Kier alpha value is -10.2. The van der Waals surface area contributed by atoms with Gasteiger partial charge in [0.15, 0.2) is 16.9 Å². The molecule has 1 fully saturated rings. The quantitative estimate of drug-likeness (QED) is 0.0243. The van der Waals surface area contributed by atoms with Crippen LogP contribution in [0.3, 0.4) is 0 Å². The number of hydrogen-bond donors (Lipinski definition) is 2. The lowest BCUT2D eigenvalue weighted by atomic mass is 9.77. The van der Waals surface area contributed by atoms with E-state index in [0.29, 0.717) is 15.6 Å². The van der Waals surface area contributed by atoms with E-state index in [2.05, 4.69) is 62.2 Å². The minimum Gasteiger partial charge on any atom is -0.448 e. The van der Waals surface area contributed by atoms with E-state index in [1.165, 1.54) is 28.0 Å². The van der Waals surface area contributed by atoms with Gasteiger partial charge in [-0.3, -0.25) is 19.5 Å². The van der Waals surface area contributed by atoms with Gasteiger partial charge in [0.1, 0.15) is 28.3 Å². The maximum absolute atomic E-state index is 15.7. The summed E-state index contributed by atoms with van der Waals surface area (Å²) in [6.07, 6.45) is 2.41. The Balaban J connectivity index is 0.890. The summed E-state index contributed by atoms with van der Waals surface area (Å²) in [7, 11) is 0. The predicted molar refractivity (Wildman–Crippen MR) is 338 cm³/mol. The van der Waals surface area contributed by atoms with Gasteiger partial charge in [-0.15, -0.1) is 33.3 Å². The van der Waals surface area contributed by atoms with E-state index in [-0.39, 0.29) is 34.0 Å². The first-order valence-electron chi connectivity index (χ1n) is 27.9. The van der Waals surface area contributed by atoms with Gasteiger partial charge in [0.2, 0.25) is 11.5 Å². The number of aromatic nitrogens is 4. The highest BCUT2D eigenvalue weighted by atomic mass is 32.2. The summed E-state index contributed by atoms with van der Waals surface area (Å²) in [5.41, 5.74) is 4.72. The third-order valence-electron chi connectivity index (χ3n) is 15.1. The number of pyridine rings is 1. The van der Waals surface area contributed by atoms with Crippen LogP contribution in [0.4, 0.5) is 5.13 Å². The van der Waals surface area contributed by atoms with Crippen molar-refractivity contribution in [2.45, 2.75) is 33.9 Å². The molecule has 0 radical (unpaired) electrons. The number of benzene rings is 8. The summed E-state index contributed by atoms with van der Waals surface area (Å²) in [5, 5.41) is 21.9. The average Bonchev–Trinajstić information content (AvgIpc) is 2.07. The average molecular weight is 1200 g/mol. The number of β-lactam (4-membered cyclic amide) rings is 1. The molecule has 11 aromatic rings. The number of nitrogens with zero attached hydrogens (tertiary/aromatic N) is 6. The number of carbonyl (C=O) groups is 3. The van der Waals surface area contributed by atoms with Gasteiger partial charge in [0.05, 0.1) is 5.56 Å². The van der Waals surface area contributed by atoms with Crippen molar-refractivity contribution in [2.75, 3.05) is 11.1 Å². The summed E-state index contributed by atoms with van der Waals surface area (Å²) >= 11 is 3.72. The largest absolute Gasteiger partial charge is 0.448 e. The van der Waals surface area contributed by atoms with E-state index < -0.39 is 46.4 Å². The molecule has 2 N–H and O–H groups in total. The molecule has 2 aliphatic heterocycles. The molecule has 0 bridgehead atoms. The number of esters is 1. The number of ether oxygens (including phenoxy) is 1. The highest BCUT2D eigenvalue weighted by molar-refractivity contribution is 8.06. The molecule has 5 heterocycles. The van der Waals surface area contributed by atoms with Crippen LogP contribution in [0, 0.1) is 0 Å². The topological polar surface area (TPSA) is 174 Å². The number of thioether (sulfide) groups is 2. The molecule has 2 amide bonds. The fraction of sp³-hybridized carbons (Fsp3) is 0.0857. The molecule has 17 heteroatoms. The Morgan fingerprint density at radius 1 is 0.632 bits per heavy atom. The lowest BCUT2D eigenvalue weighted by Gasteiger charge is -2.49.